The van der Waals surface area contributed by atoms with E-state index in [9.17, 15) is 40.8 Å². The van der Waals surface area contributed by atoms with E-state index in [0.29, 0.717) is 0 Å². The molecule has 0 bridgehead atoms. The molecule has 0 aliphatic heterocycles. The zero-order chi connectivity index (χ0) is 16.1. The van der Waals surface area contributed by atoms with Crippen LogP contribution in [0.2, 0.25) is 0 Å². The molecular formula is C6H3N7O8. The molecule has 21 heavy (non-hydrogen) atoms. The molecule has 2 rings (SSSR count). The zero-order valence-electron chi connectivity index (χ0n) is 9.60. The Labute approximate surface area is 111 Å². The van der Waals surface area contributed by atoms with Crippen LogP contribution >= 0.6 is 0 Å². The lowest BCUT2D eigenvalue weighted by molar-refractivity contribution is -0.717. The largest absolute Gasteiger partial charge is 0.674 e. The number of hydrogen-bond acceptors (Lipinski definition) is 9. The minimum atomic E-state index is -1.47. The number of aromatic nitrogens is 3. The molecule has 0 amide bonds. The van der Waals surface area contributed by atoms with E-state index < -0.39 is 52.7 Å². The van der Waals surface area contributed by atoms with Crippen molar-refractivity contribution >= 4 is 28.4 Å². The van der Waals surface area contributed by atoms with Gasteiger partial charge < -0.3 is 16.1 Å². The van der Waals surface area contributed by atoms with Crippen LogP contribution in [0.4, 0.5) is 17.2 Å². The molecule has 0 saturated heterocycles. The first kappa shape index (κ1) is 13.6. The minimum absolute atomic E-state index is 0.116. The van der Waals surface area contributed by atoms with Gasteiger partial charge in [-0.15, -0.1) is 4.73 Å². The molecule has 110 valence electrons. The highest BCUT2D eigenvalue weighted by Gasteiger charge is 2.48. The molecule has 15 heteroatoms. The summed E-state index contributed by atoms with van der Waals surface area (Å²) in [4.78, 5) is 29.9. The second-order valence-electron chi connectivity index (χ2n) is 3.59. The molecule has 15 nitrogen and oxygen atoms in total. The first-order valence-corrected chi connectivity index (χ1v) is 4.81. The zero-order valence-corrected chi connectivity index (χ0v) is 9.60. The molecule has 0 aliphatic rings. The van der Waals surface area contributed by atoms with Gasteiger partial charge in [0.1, 0.15) is 9.60 Å². The Morgan fingerprint density at radius 1 is 1.10 bits per heavy atom. The molecular weight excluding hydrogens is 298 g/mol. The van der Waals surface area contributed by atoms with Crippen molar-refractivity contribution in [2.24, 2.45) is 0 Å². The normalized spacial score (nSPS) is 10.7. The number of anilines is 1. The first-order chi connectivity index (χ1) is 9.68. The molecule has 0 unspecified atom stereocenters. The van der Waals surface area contributed by atoms with E-state index in [4.69, 9.17) is 5.73 Å². The first-order valence-electron chi connectivity index (χ1n) is 4.81. The van der Waals surface area contributed by atoms with Crippen LogP contribution in [0.5, 0.6) is 0 Å². The van der Waals surface area contributed by atoms with Crippen molar-refractivity contribution in [3.8, 4) is 0 Å². The third-order valence-electron chi connectivity index (χ3n) is 2.50. The van der Waals surface area contributed by atoms with Crippen molar-refractivity contribution in [3.63, 3.8) is 0 Å². The summed E-state index contributed by atoms with van der Waals surface area (Å²) in [6.07, 6.45) is 0.204. The molecule has 0 aromatic carbocycles. The van der Waals surface area contributed by atoms with Crippen molar-refractivity contribution in [2.45, 2.75) is 0 Å². The Bertz CT molecular complexity index is 825. The van der Waals surface area contributed by atoms with Gasteiger partial charge in [-0.25, -0.2) is 10.1 Å². The Hall–Kier alpha value is -3.78. The second-order valence-corrected chi connectivity index (χ2v) is 3.59. The summed E-state index contributed by atoms with van der Waals surface area (Å²) in [6, 6.07) is 0. The summed E-state index contributed by atoms with van der Waals surface area (Å²) in [6.45, 7) is 0. The number of imidazole rings is 1. The molecule has 2 N–H and O–H groups in total. The summed E-state index contributed by atoms with van der Waals surface area (Å²) < 4.78 is -1.12. The lowest BCUT2D eigenvalue weighted by Gasteiger charge is -2.00. The Morgan fingerprint density at radius 3 is 2.10 bits per heavy atom. The van der Waals surface area contributed by atoms with Gasteiger partial charge >= 0.3 is 29.0 Å². The van der Waals surface area contributed by atoms with Gasteiger partial charge in [-0.2, -0.15) is 0 Å². The van der Waals surface area contributed by atoms with E-state index in [0.717, 1.165) is 0 Å². The third kappa shape index (κ3) is 1.68. The van der Waals surface area contributed by atoms with Gasteiger partial charge in [0.15, 0.2) is 0 Å². The Balaban J connectivity index is 3.18. The van der Waals surface area contributed by atoms with Gasteiger partial charge in [0.05, 0.1) is 4.92 Å². The maximum absolute atomic E-state index is 11.7. The van der Waals surface area contributed by atoms with Crippen LogP contribution in [0.3, 0.4) is 0 Å². The maximum atomic E-state index is 11.7. The Morgan fingerprint density at radius 2 is 1.67 bits per heavy atom. The van der Waals surface area contributed by atoms with Crippen molar-refractivity contribution in [1.82, 2.24) is 4.68 Å². The molecule has 2 aromatic heterocycles. The lowest BCUT2D eigenvalue weighted by atomic mass is 10.3. The number of pyridine rings is 1. The fourth-order valence-electron chi connectivity index (χ4n) is 1.74. The van der Waals surface area contributed by atoms with Crippen LogP contribution in [0.15, 0.2) is 6.33 Å². The highest BCUT2D eigenvalue weighted by molar-refractivity contribution is 5.87. The van der Waals surface area contributed by atoms with E-state index in [2.05, 4.69) is 0 Å². The highest BCUT2D eigenvalue weighted by Crippen LogP contribution is 2.34. The number of nitrogens with two attached hydrogens (primary N) is 1. The van der Waals surface area contributed by atoms with E-state index in [1.807, 2.05) is 0 Å². The molecule has 0 radical (unpaired) electrons. The number of fused-ring (bicyclic) bond motifs is 1. The van der Waals surface area contributed by atoms with Gasteiger partial charge in [0.2, 0.25) is 0 Å². The Kier molecular flexibility index (Phi) is 2.67. The predicted molar refractivity (Wildman–Crippen MR) is 60.0 cm³/mol. The predicted octanol–water partition coefficient (Wildman–Crippen LogP) is -1.65. The summed E-state index contributed by atoms with van der Waals surface area (Å²) in [5.41, 5.74) is 0.445. The highest BCUT2D eigenvalue weighted by atomic mass is 16.7. The quantitative estimate of drug-likeness (QED) is 0.296. The van der Waals surface area contributed by atoms with Crippen molar-refractivity contribution in [1.29, 1.82) is 0 Å². The number of nitro groups is 3. The lowest BCUT2D eigenvalue weighted by Crippen LogP contribution is -2.41. The van der Waals surface area contributed by atoms with Gasteiger partial charge in [-0.3, -0.25) is 20.2 Å². The molecule has 0 aliphatic carbocycles. The average molecular weight is 301 g/mol. The molecule has 2 heterocycles. The fraction of sp³-hybridized carbons (Fsp3) is 0. The topological polar surface area (TPSA) is 214 Å². The van der Waals surface area contributed by atoms with Crippen molar-refractivity contribution in [2.75, 3.05) is 5.73 Å². The SMILES string of the molecule is Nc1c([N+](=O)[O-])c2c([n+]([O-])cn2[N+](=O)[O-])[n+]([O-])c1[N+](=O)[O-]. The van der Waals surface area contributed by atoms with E-state index in [1.54, 1.807) is 0 Å². The van der Waals surface area contributed by atoms with Crippen LogP contribution in [0.1, 0.15) is 0 Å². The smallest absolute Gasteiger partial charge is 0.547 e. The van der Waals surface area contributed by atoms with Gasteiger partial charge in [-0.05, 0) is 4.73 Å². The van der Waals surface area contributed by atoms with Crippen LogP contribution in [0, 0.1) is 40.8 Å². The van der Waals surface area contributed by atoms with E-state index in [-0.39, 0.29) is 11.0 Å². The number of nitrogen functional groups attached to an aromatic ring is 1. The number of rotatable bonds is 3. The minimum Gasteiger partial charge on any atom is -0.674 e. The van der Waals surface area contributed by atoms with E-state index >= 15 is 0 Å². The van der Waals surface area contributed by atoms with Gasteiger partial charge in [-0.1, -0.05) is 0 Å². The fourth-order valence-corrected chi connectivity index (χ4v) is 1.74. The van der Waals surface area contributed by atoms with Crippen LogP contribution in [0.25, 0.3) is 11.2 Å². The van der Waals surface area contributed by atoms with Crippen molar-refractivity contribution < 1.29 is 24.3 Å². The van der Waals surface area contributed by atoms with Gasteiger partial charge in [0.25, 0.3) is 10.7 Å². The molecule has 0 fully saturated rings. The summed E-state index contributed by atoms with van der Waals surface area (Å²) in [5, 5.41) is 54.4. The summed E-state index contributed by atoms with van der Waals surface area (Å²) >= 11 is 0. The monoisotopic (exact) mass is 301 g/mol. The molecule has 2 aromatic rings. The second kappa shape index (κ2) is 4.11. The standard InChI is InChI=1S/C6H3N7O8/c7-2-3(11(16)17)4-6(10(15)5(2)12(18)19)9(14)1-8(4)13(20)21/h1H,7H2. The van der Waals surface area contributed by atoms with Crippen LogP contribution < -0.4 is 15.2 Å². The van der Waals surface area contributed by atoms with Crippen LogP contribution in [-0.2, 0) is 0 Å². The van der Waals surface area contributed by atoms with Crippen molar-refractivity contribution in [3.05, 3.63) is 47.1 Å². The van der Waals surface area contributed by atoms with E-state index in [1.165, 1.54) is 0 Å². The third-order valence-corrected chi connectivity index (χ3v) is 2.50. The number of hydrogen-bond donors (Lipinski definition) is 1. The van der Waals surface area contributed by atoms with Gasteiger partial charge in [0, 0.05) is 0 Å². The maximum Gasteiger partial charge on any atom is 0.547 e. The molecule has 0 atom stereocenters. The average Bonchev–Trinajstić information content (AvgIpc) is 2.66. The number of nitrogens with zero attached hydrogens (tertiary/aromatic N) is 6. The molecule has 0 saturated carbocycles. The molecule has 0 spiro atoms. The van der Waals surface area contributed by atoms with Crippen LogP contribution in [-0.4, -0.2) is 19.6 Å². The summed E-state index contributed by atoms with van der Waals surface area (Å²) in [5.74, 6) is -1.47. The summed E-state index contributed by atoms with van der Waals surface area (Å²) in [7, 11) is 0.